The first kappa shape index (κ1) is 10.1. The van der Waals surface area contributed by atoms with Gasteiger partial charge in [-0.15, -0.1) is 0 Å². The van der Waals surface area contributed by atoms with Crippen LogP contribution in [0.25, 0.3) is 0 Å². The lowest BCUT2D eigenvalue weighted by atomic mass is 10.1. The highest BCUT2D eigenvalue weighted by Crippen LogP contribution is 2.27. The Balaban J connectivity index is 1.84. The van der Waals surface area contributed by atoms with Gasteiger partial charge < -0.3 is 5.32 Å². The molecule has 1 N–H and O–H groups in total. The normalized spacial score (nSPS) is 15.0. The van der Waals surface area contributed by atoms with E-state index in [4.69, 9.17) is 0 Å². The van der Waals surface area contributed by atoms with Gasteiger partial charge in [-0.05, 0) is 30.4 Å². The first-order valence-electron chi connectivity index (χ1n) is 5.26. The highest BCUT2D eigenvalue weighted by molar-refractivity contribution is 5.78. The van der Waals surface area contributed by atoms with E-state index in [1.165, 1.54) is 18.9 Å². The summed E-state index contributed by atoms with van der Waals surface area (Å²) in [5, 5.41) is 2.81. The predicted molar refractivity (Wildman–Crippen MR) is 55.8 cm³/mol. The first-order valence-corrected chi connectivity index (χ1v) is 5.26. The van der Waals surface area contributed by atoms with E-state index in [2.05, 4.69) is 5.32 Å². The van der Waals surface area contributed by atoms with Crippen LogP contribution in [-0.2, 0) is 11.2 Å². The van der Waals surface area contributed by atoms with Gasteiger partial charge >= 0.3 is 0 Å². The number of carbonyl (C=O) groups excluding carboxylic acids is 1. The minimum absolute atomic E-state index is 0.0907. The maximum atomic E-state index is 13.2. The average molecular weight is 207 g/mol. The third-order valence-electron chi connectivity index (χ3n) is 2.59. The summed E-state index contributed by atoms with van der Waals surface area (Å²) in [7, 11) is 0. The topological polar surface area (TPSA) is 29.1 Å². The van der Waals surface area contributed by atoms with Crippen molar-refractivity contribution in [2.75, 3.05) is 6.54 Å². The molecule has 15 heavy (non-hydrogen) atoms. The van der Waals surface area contributed by atoms with Crippen LogP contribution in [0.15, 0.2) is 24.3 Å². The Morgan fingerprint density at radius 1 is 1.40 bits per heavy atom. The fraction of sp³-hybridized carbons (Fsp3) is 0.417. The molecule has 1 aliphatic carbocycles. The van der Waals surface area contributed by atoms with Crippen molar-refractivity contribution in [2.45, 2.75) is 19.3 Å². The van der Waals surface area contributed by atoms with Crippen molar-refractivity contribution in [1.82, 2.24) is 5.32 Å². The Hall–Kier alpha value is -1.38. The van der Waals surface area contributed by atoms with Crippen molar-refractivity contribution >= 4 is 5.91 Å². The molecule has 1 amide bonds. The molecule has 0 heterocycles. The third kappa shape index (κ3) is 3.05. The van der Waals surface area contributed by atoms with Gasteiger partial charge in [-0.3, -0.25) is 4.79 Å². The van der Waals surface area contributed by atoms with Gasteiger partial charge in [-0.25, -0.2) is 4.39 Å². The Labute approximate surface area is 88.5 Å². The summed E-state index contributed by atoms with van der Waals surface area (Å²) in [5.41, 5.74) is 0.464. The Kier molecular flexibility index (Phi) is 2.99. The van der Waals surface area contributed by atoms with Gasteiger partial charge in [0.25, 0.3) is 0 Å². The zero-order valence-corrected chi connectivity index (χ0v) is 8.50. The van der Waals surface area contributed by atoms with E-state index in [0.29, 0.717) is 11.5 Å². The van der Waals surface area contributed by atoms with Gasteiger partial charge in [0.05, 0.1) is 6.42 Å². The molecule has 80 valence electrons. The molecular formula is C12H14FNO. The van der Waals surface area contributed by atoms with Gasteiger partial charge in [0.2, 0.25) is 5.91 Å². The number of rotatable bonds is 4. The fourth-order valence-corrected chi connectivity index (χ4v) is 1.46. The lowest BCUT2D eigenvalue weighted by Crippen LogP contribution is -2.27. The molecule has 1 saturated carbocycles. The molecule has 2 rings (SSSR count). The van der Waals surface area contributed by atoms with E-state index in [1.54, 1.807) is 18.2 Å². The number of carbonyl (C=O) groups is 1. The van der Waals surface area contributed by atoms with Crippen LogP contribution >= 0.6 is 0 Å². The van der Waals surface area contributed by atoms with E-state index < -0.39 is 0 Å². The molecule has 0 aliphatic heterocycles. The van der Waals surface area contributed by atoms with Gasteiger partial charge in [-0.1, -0.05) is 18.2 Å². The van der Waals surface area contributed by atoms with Crippen molar-refractivity contribution in [2.24, 2.45) is 5.92 Å². The van der Waals surface area contributed by atoms with E-state index >= 15 is 0 Å². The number of nitrogens with one attached hydrogen (secondary N) is 1. The molecule has 0 bridgehead atoms. The minimum atomic E-state index is -0.306. The maximum Gasteiger partial charge on any atom is 0.224 e. The van der Waals surface area contributed by atoms with Crippen LogP contribution in [-0.4, -0.2) is 12.5 Å². The molecule has 1 aliphatic rings. The molecule has 0 radical (unpaired) electrons. The van der Waals surface area contributed by atoms with Crippen LogP contribution in [0.2, 0.25) is 0 Å². The molecule has 0 unspecified atom stereocenters. The second-order valence-electron chi connectivity index (χ2n) is 4.02. The summed E-state index contributed by atoms with van der Waals surface area (Å²) < 4.78 is 13.2. The number of benzene rings is 1. The van der Waals surface area contributed by atoms with E-state index in [1.807, 2.05) is 0 Å². The molecule has 1 aromatic carbocycles. The highest BCUT2D eigenvalue weighted by atomic mass is 19.1. The lowest BCUT2D eigenvalue weighted by molar-refractivity contribution is -0.120. The van der Waals surface area contributed by atoms with Gasteiger partial charge in [0.1, 0.15) is 5.82 Å². The molecule has 0 atom stereocenters. The van der Waals surface area contributed by atoms with Crippen LogP contribution in [0.3, 0.4) is 0 Å². The second kappa shape index (κ2) is 4.43. The Morgan fingerprint density at radius 3 is 2.80 bits per heavy atom. The zero-order chi connectivity index (χ0) is 10.7. The monoisotopic (exact) mass is 207 g/mol. The number of hydrogen-bond donors (Lipinski definition) is 1. The Bertz CT molecular complexity index is 360. The molecule has 1 fully saturated rings. The van der Waals surface area contributed by atoms with Crippen LogP contribution in [0, 0.1) is 11.7 Å². The molecule has 0 spiro atoms. The molecule has 2 nitrogen and oxygen atoms in total. The largest absolute Gasteiger partial charge is 0.356 e. The van der Waals surface area contributed by atoms with Crippen LogP contribution in [0.1, 0.15) is 18.4 Å². The van der Waals surface area contributed by atoms with Gasteiger partial charge in [0.15, 0.2) is 0 Å². The van der Waals surface area contributed by atoms with Crippen molar-refractivity contribution in [3.63, 3.8) is 0 Å². The number of hydrogen-bond acceptors (Lipinski definition) is 1. The van der Waals surface area contributed by atoms with Crippen molar-refractivity contribution in [3.05, 3.63) is 35.6 Å². The summed E-state index contributed by atoms with van der Waals surface area (Å²) in [6.07, 6.45) is 2.55. The summed E-state index contributed by atoms with van der Waals surface area (Å²) in [5.74, 6) is 0.264. The summed E-state index contributed by atoms with van der Waals surface area (Å²) >= 11 is 0. The lowest BCUT2D eigenvalue weighted by Gasteiger charge is -2.04. The van der Waals surface area contributed by atoms with Gasteiger partial charge in [0, 0.05) is 6.54 Å². The van der Waals surface area contributed by atoms with E-state index in [9.17, 15) is 9.18 Å². The first-order chi connectivity index (χ1) is 7.25. The van der Waals surface area contributed by atoms with Crippen LogP contribution in [0.4, 0.5) is 4.39 Å². The Morgan fingerprint density at radius 2 is 2.13 bits per heavy atom. The molecule has 1 aromatic rings. The molecule has 0 saturated heterocycles. The predicted octanol–water partition coefficient (Wildman–Crippen LogP) is 1.89. The molecule has 3 heteroatoms. The number of amides is 1. The molecule has 0 aromatic heterocycles. The van der Waals surface area contributed by atoms with Crippen molar-refractivity contribution in [1.29, 1.82) is 0 Å². The summed E-state index contributed by atoms with van der Waals surface area (Å²) in [6.45, 7) is 0.743. The second-order valence-corrected chi connectivity index (χ2v) is 4.02. The zero-order valence-electron chi connectivity index (χ0n) is 8.50. The standard InChI is InChI=1S/C12H14FNO/c13-11-4-2-1-3-10(11)7-12(15)14-8-9-5-6-9/h1-4,9H,5-8H2,(H,14,15). The minimum Gasteiger partial charge on any atom is -0.356 e. The number of halogens is 1. The van der Waals surface area contributed by atoms with Crippen LogP contribution in [0.5, 0.6) is 0 Å². The third-order valence-corrected chi connectivity index (χ3v) is 2.59. The average Bonchev–Trinajstić information content (AvgIpc) is 3.02. The quantitative estimate of drug-likeness (QED) is 0.802. The van der Waals surface area contributed by atoms with Crippen molar-refractivity contribution in [3.8, 4) is 0 Å². The highest BCUT2D eigenvalue weighted by Gasteiger charge is 2.21. The fourth-order valence-electron chi connectivity index (χ4n) is 1.46. The van der Waals surface area contributed by atoms with Crippen LogP contribution < -0.4 is 5.32 Å². The SMILES string of the molecule is O=C(Cc1ccccc1F)NCC1CC1. The molecular weight excluding hydrogens is 193 g/mol. The summed E-state index contributed by atoms with van der Waals surface area (Å²) in [4.78, 5) is 11.4. The smallest absolute Gasteiger partial charge is 0.224 e. The van der Waals surface area contributed by atoms with Crippen molar-refractivity contribution < 1.29 is 9.18 Å². The van der Waals surface area contributed by atoms with Gasteiger partial charge in [-0.2, -0.15) is 0 Å². The van der Waals surface area contributed by atoms with E-state index in [0.717, 1.165) is 6.54 Å². The summed E-state index contributed by atoms with van der Waals surface area (Å²) in [6, 6.07) is 6.39. The van der Waals surface area contributed by atoms with E-state index in [-0.39, 0.29) is 18.1 Å². The maximum absolute atomic E-state index is 13.2.